The number of carboxylic acid groups (broad SMARTS) is 1. The zero-order valence-electron chi connectivity index (χ0n) is 10.6. The van der Waals surface area contributed by atoms with Gasteiger partial charge in [0.1, 0.15) is 6.04 Å². The predicted octanol–water partition coefficient (Wildman–Crippen LogP) is 2.12. The summed E-state index contributed by atoms with van der Waals surface area (Å²) in [5.41, 5.74) is 0. The number of hydrogen-bond donors (Lipinski definition) is 1. The van der Waals surface area contributed by atoms with Crippen molar-refractivity contribution in [2.75, 3.05) is 4.90 Å². The average Bonchev–Trinajstić information content (AvgIpc) is 2.79. The zero-order chi connectivity index (χ0) is 12.5. The Labute approximate surface area is 118 Å². The van der Waals surface area contributed by atoms with Gasteiger partial charge in [0.05, 0.1) is 0 Å². The molecule has 1 saturated carbocycles. The van der Waals surface area contributed by atoms with Crippen LogP contribution in [0, 0.1) is 5.92 Å². The highest BCUT2D eigenvalue weighted by Gasteiger charge is 2.46. The first-order valence-corrected chi connectivity index (χ1v) is 6.55. The third-order valence-electron chi connectivity index (χ3n) is 4.16. The molecule has 0 unspecified atom stereocenters. The van der Waals surface area contributed by atoms with Crippen LogP contribution in [0.3, 0.4) is 0 Å². The zero-order valence-corrected chi connectivity index (χ0v) is 11.4. The Morgan fingerprint density at radius 1 is 1.26 bits per heavy atom. The third kappa shape index (κ3) is 2.52. The van der Waals surface area contributed by atoms with Gasteiger partial charge in [-0.05, 0) is 31.2 Å². The average molecular weight is 284 g/mol. The smallest absolute Gasteiger partial charge is 0.326 e. The summed E-state index contributed by atoms with van der Waals surface area (Å²) >= 11 is 0. The highest BCUT2D eigenvalue weighted by Crippen LogP contribution is 2.41. The van der Waals surface area contributed by atoms with Crippen molar-refractivity contribution in [3.63, 3.8) is 0 Å². The molecule has 19 heavy (non-hydrogen) atoms. The van der Waals surface area contributed by atoms with Gasteiger partial charge in [-0.1, -0.05) is 12.8 Å². The summed E-state index contributed by atoms with van der Waals surface area (Å²) in [6.45, 7) is 0. The first kappa shape index (κ1) is 14.1. The normalized spacial score (nSPS) is 29.5. The molecule has 0 bridgehead atoms. The van der Waals surface area contributed by atoms with Crippen LogP contribution in [-0.4, -0.2) is 33.1 Å². The second-order valence-electron chi connectivity index (χ2n) is 5.16. The number of aromatic nitrogens is 2. The fourth-order valence-corrected chi connectivity index (χ4v) is 3.39. The van der Waals surface area contributed by atoms with Crippen LogP contribution in [0.4, 0.5) is 5.95 Å². The standard InChI is InChI=1S/C13H17N3O2.ClH/c17-12(18)11-8-9-4-1-2-5-10(9)16(11)13-14-6-3-7-15-13;/h3,6-7,9-11H,1-2,4-5,8H2,(H,17,18);1H/t9-,10-,11-;/m0./s1. The largest absolute Gasteiger partial charge is 0.480 e. The third-order valence-corrected chi connectivity index (χ3v) is 4.16. The maximum absolute atomic E-state index is 11.4. The van der Waals surface area contributed by atoms with Crippen molar-refractivity contribution in [3.8, 4) is 0 Å². The van der Waals surface area contributed by atoms with E-state index in [-0.39, 0.29) is 12.4 Å². The molecular weight excluding hydrogens is 266 g/mol. The molecule has 3 atom stereocenters. The fourth-order valence-electron chi connectivity index (χ4n) is 3.39. The summed E-state index contributed by atoms with van der Waals surface area (Å²) in [6, 6.07) is 1.61. The predicted molar refractivity (Wildman–Crippen MR) is 73.5 cm³/mol. The maximum Gasteiger partial charge on any atom is 0.326 e. The summed E-state index contributed by atoms with van der Waals surface area (Å²) in [5, 5.41) is 9.39. The molecule has 0 spiro atoms. The molecule has 1 aliphatic carbocycles. The van der Waals surface area contributed by atoms with Crippen LogP contribution >= 0.6 is 12.4 Å². The van der Waals surface area contributed by atoms with Gasteiger partial charge in [-0.3, -0.25) is 0 Å². The Morgan fingerprint density at radius 3 is 2.63 bits per heavy atom. The molecule has 0 radical (unpaired) electrons. The lowest BCUT2D eigenvalue weighted by atomic mass is 9.85. The van der Waals surface area contributed by atoms with E-state index in [9.17, 15) is 9.90 Å². The number of carbonyl (C=O) groups is 1. The van der Waals surface area contributed by atoms with E-state index in [0.29, 0.717) is 17.9 Å². The van der Waals surface area contributed by atoms with Crippen LogP contribution in [0.15, 0.2) is 18.5 Å². The van der Waals surface area contributed by atoms with Crippen molar-refractivity contribution < 1.29 is 9.90 Å². The topological polar surface area (TPSA) is 66.3 Å². The lowest BCUT2D eigenvalue weighted by Gasteiger charge is -2.32. The van der Waals surface area contributed by atoms with Crippen molar-refractivity contribution in [2.24, 2.45) is 5.92 Å². The lowest BCUT2D eigenvalue weighted by molar-refractivity contribution is -0.138. The summed E-state index contributed by atoms with van der Waals surface area (Å²) in [7, 11) is 0. The van der Waals surface area contributed by atoms with Crippen LogP contribution in [0.2, 0.25) is 0 Å². The van der Waals surface area contributed by atoms with Crippen LogP contribution in [-0.2, 0) is 4.79 Å². The Morgan fingerprint density at radius 2 is 1.95 bits per heavy atom. The first-order chi connectivity index (χ1) is 8.77. The summed E-state index contributed by atoms with van der Waals surface area (Å²) in [5.74, 6) is 0.305. The van der Waals surface area contributed by atoms with E-state index in [0.717, 1.165) is 19.3 Å². The quantitative estimate of drug-likeness (QED) is 0.900. The Hall–Kier alpha value is -1.36. The molecule has 1 saturated heterocycles. The van der Waals surface area contributed by atoms with Gasteiger partial charge in [0.25, 0.3) is 0 Å². The van der Waals surface area contributed by atoms with Gasteiger partial charge in [0.2, 0.25) is 5.95 Å². The SMILES string of the molecule is Cl.O=C(O)[C@@H]1C[C@@H]2CCCC[C@@H]2N1c1ncccn1. The number of aliphatic carboxylic acids is 1. The van der Waals surface area contributed by atoms with E-state index in [1.54, 1.807) is 18.5 Å². The van der Waals surface area contributed by atoms with E-state index in [2.05, 4.69) is 9.97 Å². The molecule has 104 valence electrons. The molecular formula is C13H18ClN3O2. The number of rotatable bonds is 2. The number of carboxylic acids is 1. The van der Waals surface area contributed by atoms with Crippen molar-refractivity contribution in [2.45, 2.75) is 44.2 Å². The first-order valence-electron chi connectivity index (χ1n) is 6.55. The van der Waals surface area contributed by atoms with Crippen LogP contribution in [0.5, 0.6) is 0 Å². The second-order valence-corrected chi connectivity index (χ2v) is 5.16. The minimum Gasteiger partial charge on any atom is -0.480 e. The summed E-state index contributed by atoms with van der Waals surface area (Å²) in [4.78, 5) is 21.8. The molecule has 2 heterocycles. The number of hydrogen-bond acceptors (Lipinski definition) is 4. The molecule has 0 aromatic carbocycles. The van der Waals surface area contributed by atoms with E-state index in [4.69, 9.17) is 0 Å². The van der Waals surface area contributed by atoms with E-state index in [1.165, 1.54) is 12.8 Å². The monoisotopic (exact) mass is 283 g/mol. The summed E-state index contributed by atoms with van der Waals surface area (Å²) < 4.78 is 0. The molecule has 1 aromatic rings. The van der Waals surface area contributed by atoms with Crippen molar-refractivity contribution >= 4 is 24.3 Å². The molecule has 1 N–H and O–H groups in total. The van der Waals surface area contributed by atoms with Gasteiger partial charge in [-0.25, -0.2) is 14.8 Å². The Balaban J connectivity index is 0.00000133. The van der Waals surface area contributed by atoms with Crippen LogP contribution < -0.4 is 4.90 Å². The van der Waals surface area contributed by atoms with Crippen molar-refractivity contribution in [3.05, 3.63) is 18.5 Å². The molecule has 2 fully saturated rings. The van der Waals surface area contributed by atoms with E-state index in [1.807, 2.05) is 4.90 Å². The molecule has 1 aliphatic heterocycles. The fraction of sp³-hybridized carbons (Fsp3) is 0.615. The van der Waals surface area contributed by atoms with E-state index < -0.39 is 12.0 Å². The van der Waals surface area contributed by atoms with Gasteiger partial charge in [-0.2, -0.15) is 0 Å². The van der Waals surface area contributed by atoms with Crippen molar-refractivity contribution in [1.82, 2.24) is 9.97 Å². The van der Waals surface area contributed by atoms with Crippen LogP contribution in [0.25, 0.3) is 0 Å². The lowest BCUT2D eigenvalue weighted by Crippen LogP contribution is -2.43. The molecule has 3 rings (SSSR count). The minimum atomic E-state index is -0.753. The molecule has 6 heteroatoms. The van der Waals surface area contributed by atoms with Crippen LogP contribution in [0.1, 0.15) is 32.1 Å². The molecule has 5 nitrogen and oxygen atoms in total. The van der Waals surface area contributed by atoms with Gasteiger partial charge in [0.15, 0.2) is 0 Å². The highest BCUT2D eigenvalue weighted by molar-refractivity contribution is 5.85. The van der Waals surface area contributed by atoms with Gasteiger partial charge in [-0.15, -0.1) is 12.4 Å². The Bertz CT molecular complexity index is 443. The number of fused-ring (bicyclic) bond motifs is 1. The Kier molecular flexibility index (Phi) is 4.24. The number of halogens is 1. The molecule has 1 aromatic heterocycles. The van der Waals surface area contributed by atoms with E-state index >= 15 is 0 Å². The second kappa shape index (κ2) is 5.74. The minimum absolute atomic E-state index is 0. The summed E-state index contributed by atoms with van der Waals surface area (Å²) in [6.07, 6.45) is 8.69. The number of anilines is 1. The maximum atomic E-state index is 11.4. The molecule has 2 aliphatic rings. The molecule has 0 amide bonds. The number of nitrogens with zero attached hydrogens (tertiary/aromatic N) is 3. The van der Waals surface area contributed by atoms with Gasteiger partial charge in [0, 0.05) is 18.4 Å². The van der Waals surface area contributed by atoms with Crippen molar-refractivity contribution in [1.29, 1.82) is 0 Å². The highest BCUT2D eigenvalue weighted by atomic mass is 35.5. The van der Waals surface area contributed by atoms with Gasteiger partial charge < -0.3 is 10.0 Å². The van der Waals surface area contributed by atoms with Gasteiger partial charge >= 0.3 is 5.97 Å².